The van der Waals surface area contributed by atoms with Crippen molar-refractivity contribution in [3.63, 3.8) is 0 Å². The largest absolute Gasteiger partial charge is 0.461 e. The van der Waals surface area contributed by atoms with Gasteiger partial charge in [0.05, 0.1) is 6.61 Å². The van der Waals surface area contributed by atoms with E-state index in [0.717, 1.165) is 31.8 Å². The maximum atomic E-state index is 11.9. The summed E-state index contributed by atoms with van der Waals surface area (Å²) >= 11 is 0. The molecule has 1 unspecified atom stereocenters. The summed E-state index contributed by atoms with van der Waals surface area (Å²) in [5.74, 6) is 0.787. The Morgan fingerprint density at radius 1 is 1.43 bits per heavy atom. The minimum absolute atomic E-state index is 0.236. The molecule has 1 atom stereocenters. The molecule has 120 valence electrons. The summed E-state index contributed by atoms with van der Waals surface area (Å²) in [4.78, 5) is 18.5. The lowest BCUT2D eigenvalue weighted by molar-refractivity contribution is 0.0521. The van der Waals surface area contributed by atoms with Gasteiger partial charge in [0, 0.05) is 25.6 Å². The van der Waals surface area contributed by atoms with Crippen molar-refractivity contribution >= 4 is 11.8 Å². The van der Waals surface area contributed by atoms with E-state index < -0.39 is 5.97 Å². The number of aryl methyl sites for hydroxylation is 1. The van der Waals surface area contributed by atoms with Gasteiger partial charge in [-0.25, -0.2) is 9.78 Å². The number of rotatable bonds is 8. The van der Waals surface area contributed by atoms with E-state index in [2.05, 4.69) is 30.8 Å². The third kappa shape index (κ3) is 4.20. The number of carbonyl (C=O) groups is 1. The Morgan fingerprint density at radius 2 is 2.10 bits per heavy atom. The van der Waals surface area contributed by atoms with Crippen molar-refractivity contribution in [3.05, 3.63) is 11.5 Å². The molecule has 1 heterocycles. The van der Waals surface area contributed by atoms with Crippen molar-refractivity contribution in [2.24, 2.45) is 0 Å². The van der Waals surface area contributed by atoms with E-state index >= 15 is 0 Å². The summed E-state index contributed by atoms with van der Waals surface area (Å²) in [7, 11) is 2.10. The number of nitrogens with two attached hydrogens (primary N) is 1. The molecule has 0 saturated carbocycles. The van der Waals surface area contributed by atoms with Gasteiger partial charge in [0.25, 0.3) is 0 Å². The van der Waals surface area contributed by atoms with Crippen molar-refractivity contribution in [3.8, 4) is 0 Å². The molecule has 0 aliphatic rings. The zero-order valence-electron chi connectivity index (χ0n) is 13.8. The molecule has 0 aliphatic carbocycles. The molecule has 0 radical (unpaired) electrons. The number of anilines is 1. The first-order valence-electron chi connectivity index (χ1n) is 7.68. The van der Waals surface area contributed by atoms with Crippen LogP contribution in [-0.4, -0.2) is 46.7 Å². The van der Waals surface area contributed by atoms with Gasteiger partial charge in [0.15, 0.2) is 5.69 Å². The molecule has 2 N–H and O–H groups in total. The fourth-order valence-corrected chi connectivity index (χ4v) is 2.17. The maximum absolute atomic E-state index is 11.9. The van der Waals surface area contributed by atoms with Crippen LogP contribution in [0, 0.1) is 0 Å². The fraction of sp³-hybridized carbons (Fsp3) is 0.733. The summed E-state index contributed by atoms with van der Waals surface area (Å²) in [6.45, 7) is 10.1. The van der Waals surface area contributed by atoms with E-state index in [1.165, 1.54) is 0 Å². The molecule has 0 saturated heterocycles. The molecule has 6 heteroatoms. The zero-order valence-corrected chi connectivity index (χ0v) is 13.8. The molecule has 0 aromatic carbocycles. The summed E-state index contributed by atoms with van der Waals surface area (Å²) < 4.78 is 6.92. The lowest BCUT2D eigenvalue weighted by Gasteiger charge is -2.24. The lowest BCUT2D eigenvalue weighted by atomic mass is 10.2. The number of ether oxygens (including phenoxy) is 1. The standard InChI is InChI=1S/C15H28N4O2/c1-6-11(4)18(5)9-10-19-12(7-2)17-13(14(19)16)15(20)21-8-3/h11H,6-10,16H2,1-5H3. The van der Waals surface area contributed by atoms with E-state index in [1.807, 2.05) is 11.5 Å². The molecule has 0 fully saturated rings. The second kappa shape index (κ2) is 8.02. The topological polar surface area (TPSA) is 73.4 Å². The minimum Gasteiger partial charge on any atom is -0.461 e. The van der Waals surface area contributed by atoms with Crippen LogP contribution in [0.3, 0.4) is 0 Å². The van der Waals surface area contributed by atoms with Crippen LogP contribution in [0.5, 0.6) is 0 Å². The highest BCUT2D eigenvalue weighted by atomic mass is 16.5. The zero-order chi connectivity index (χ0) is 16.0. The van der Waals surface area contributed by atoms with Gasteiger partial charge < -0.3 is 19.9 Å². The summed E-state index contributed by atoms with van der Waals surface area (Å²) in [5, 5.41) is 0. The first-order chi connectivity index (χ1) is 9.96. The van der Waals surface area contributed by atoms with Crippen LogP contribution in [0.1, 0.15) is 50.4 Å². The van der Waals surface area contributed by atoms with E-state index in [-0.39, 0.29) is 5.69 Å². The summed E-state index contributed by atoms with van der Waals surface area (Å²) in [5.41, 5.74) is 6.32. The van der Waals surface area contributed by atoms with E-state index in [0.29, 0.717) is 18.5 Å². The smallest absolute Gasteiger partial charge is 0.360 e. The SMILES string of the molecule is CCOC(=O)c1nc(CC)n(CCN(C)C(C)CC)c1N. The predicted molar refractivity (Wildman–Crippen MR) is 84.4 cm³/mol. The third-order valence-electron chi connectivity index (χ3n) is 3.89. The number of nitrogens with zero attached hydrogens (tertiary/aromatic N) is 3. The van der Waals surface area contributed by atoms with Gasteiger partial charge in [-0.2, -0.15) is 0 Å². The number of nitrogen functional groups attached to an aromatic ring is 1. The Labute approximate surface area is 127 Å². The van der Waals surface area contributed by atoms with Crippen molar-refractivity contribution < 1.29 is 9.53 Å². The second-order valence-corrected chi connectivity index (χ2v) is 5.23. The van der Waals surface area contributed by atoms with E-state index in [9.17, 15) is 4.79 Å². The average Bonchev–Trinajstić information content (AvgIpc) is 2.80. The summed E-state index contributed by atoms with van der Waals surface area (Å²) in [6.07, 6.45) is 1.83. The number of esters is 1. The normalized spacial score (nSPS) is 12.7. The Hall–Kier alpha value is -1.56. The highest BCUT2D eigenvalue weighted by Gasteiger charge is 2.21. The quantitative estimate of drug-likeness (QED) is 0.742. The van der Waals surface area contributed by atoms with Crippen LogP contribution in [0.2, 0.25) is 0 Å². The van der Waals surface area contributed by atoms with Crippen molar-refractivity contribution in [2.45, 2.75) is 53.1 Å². The van der Waals surface area contributed by atoms with Gasteiger partial charge in [-0.15, -0.1) is 0 Å². The summed E-state index contributed by atoms with van der Waals surface area (Å²) in [6, 6.07) is 0.518. The first kappa shape index (κ1) is 17.5. The van der Waals surface area contributed by atoms with Gasteiger partial charge in [-0.3, -0.25) is 0 Å². The number of aromatic nitrogens is 2. The van der Waals surface area contributed by atoms with Gasteiger partial charge in [0.1, 0.15) is 11.6 Å². The van der Waals surface area contributed by atoms with Crippen LogP contribution in [-0.2, 0) is 17.7 Å². The molecule has 1 aromatic heterocycles. The number of carbonyl (C=O) groups excluding carboxylic acids is 1. The molecule has 21 heavy (non-hydrogen) atoms. The van der Waals surface area contributed by atoms with Crippen LogP contribution < -0.4 is 5.73 Å². The number of hydrogen-bond donors (Lipinski definition) is 1. The van der Waals surface area contributed by atoms with Crippen molar-refractivity contribution in [2.75, 3.05) is 25.9 Å². The van der Waals surface area contributed by atoms with Crippen LogP contribution in [0.25, 0.3) is 0 Å². The van der Waals surface area contributed by atoms with Crippen molar-refractivity contribution in [1.29, 1.82) is 0 Å². The molecule has 0 bridgehead atoms. The number of hydrogen-bond acceptors (Lipinski definition) is 5. The van der Waals surface area contributed by atoms with Crippen LogP contribution >= 0.6 is 0 Å². The first-order valence-corrected chi connectivity index (χ1v) is 7.68. The van der Waals surface area contributed by atoms with Crippen molar-refractivity contribution in [1.82, 2.24) is 14.5 Å². The minimum atomic E-state index is -0.446. The molecule has 0 amide bonds. The highest BCUT2D eigenvalue weighted by Crippen LogP contribution is 2.17. The fourth-order valence-electron chi connectivity index (χ4n) is 2.17. The highest BCUT2D eigenvalue weighted by molar-refractivity contribution is 5.92. The Balaban J connectivity index is 2.88. The Bertz CT molecular complexity index is 470. The Kier molecular flexibility index (Phi) is 6.68. The van der Waals surface area contributed by atoms with Crippen LogP contribution in [0.4, 0.5) is 5.82 Å². The van der Waals surface area contributed by atoms with Gasteiger partial charge in [-0.1, -0.05) is 13.8 Å². The second-order valence-electron chi connectivity index (χ2n) is 5.23. The molecule has 1 aromatic rings. The average molecular weight is 296 g/mol. The molecule has 1 rings (SSSR count). The molecule has 0 aliphatic heterocycles. The Morgan fingerprint density at radius 3 is 2.62 bits per heavy atom. The predicted octanol–water partition coefficient (Wildman–Crippen LogP) is 1.93. The monoisotopic (exact) mass is 296 g/mol. The van der Waals surface area contributed by atoms with Gasteiger partial charge in [0.2, 0.25) is 0 Å². The lowest BCUT2D eigenvalue weighted by Crippen LogP contribution is -2.32. The number of likely N-dealkylation sites (N-methyl/N-ethyl adjacent to an activating group) is 1. The molecule has 0 spiro atoms. The molecular weight excluding hydrogens is 268 g/mol. The van der Waals surface area contributed by atoms with Gasteiger partial charge in [-0.05, 0) is 27.3 Å². The van der Waals surface area contributed by atoms with Crippen LogP contribution in [0.15, 0.2) is 0 Å². The maximum Gasteiger partial charge on any atom is 0.360 e. The molecular formula is C15H28N4O2. The molecule has 6 nitrogen and oxygen atoms in total. The van der Waals surface area contributed by atoms with E-state index in [1.54, 1.807) is 6.92 Å². The number of imidazole rings is 1. The van der Waals surface area contributed by atoms with E-state index in [4.69, 9.17) is 10.5 Å². The van der Waals surface area contributed by atoms with Gasteiger partial charge >= 0.3 is 5.97 Å². The third-order valence-corrected chi connectivity index (χ3v) is 3.89.